The average molecular weight is 394 g/mol. The molecule has 3 heteroatoms. The van der Waals surface area contributed by atoms with Gasteiger partial charge < -0.3 is 14.4 Å². The van der Waals surface area contributed by atoms with Crippen molar-refractivity contribution in [2.75, 3.05) is 19.1 Å². The van der Waals surface area contributed by atoms with E-state index in [1.165, 1.54) is 34.4 Å². The molecule has 0 heterocycles. The maximum absolute atomic E-state index is 5.70. The summed E-state index contributed by atoms with van der Waals surface area (Å²) in [6.07, 6.45) is 9.93. The van der Waals surface area contributed by atoms with Gasteiger partial charge in [-0.3, -0.25) is 0 Å². The van der Waals surface area contributed by atoms with Crippen molar-refractivity contribution >= 4 is 11.3 Å². The molecule has 3 rings (SSSR count). The molecule has 0 N–H and O–H groups in total. The van der Waals surface area contributed by atoms with Crippen molar-refractivity contribution in [1.82, 2.24) is 0 Å². The van der Waals surface area contributed by atoms with Gasteiger partial charge in [-0.1, -0.05) is 31.6 Å². The van der Waals surface area contributed by atoms with E-state index in [-0.39, 0.29) is 6.04 Å². The largest absolute Gasteiger partial charge is 0.501 e. The minimum absolute atomic E-state index is 0.151. The van der Waals surface area contributed by atoms with Gasteiger partial charge in [0.05, 0.1) is 20.3 Å². The molecule has 29 heavy (non-hydrogen) atoms. The number of allylic oxidation sites excluding steroid dienone is 4. The topological polar surface area (TPSA) is 21.7 Å². The first-order chi connectivity index (χ1) is 13.9. The Hall–Kier alpha value is -2.42. The molecule has 2 unspecified atom stereocenters. The molecule has 2 aliphatic carbocycles. The van der Waals surface area contributed by atoms with Crippen LogP contribution in [0.15, 0.2) is 59.2 Å². The molecule has 3 nitrogen and oxygen atoms in total. The van der Waals surface area contributed by atoms with Crippen molar-refractivity contribution < 1.29 is 9.47 Å². The van der Waals surface area contributed by atoms with Crippen molar-refractivity contribution in [3.8, 4) is 0 Å². The second kappa shape index (κ2) is 8.94. The molecule has 0 bridgehead atoms. The monoisotopic (exact) mass is 393 g/mol. The highest BCUT2D eigenvalue weighted by Crippen LogP contribution is 2.42. The Labute approximate surface area is 176 Å². The van der Waals surface area contributed by atoms with Crippen LogP contribution in [0, 0.1) is 12.8 Å². The molecule has 0 aliphatic heterocycles. The van der Waals surface area contributed by atoms with Gasteiger partial charge in [-0.2, -0.15) is 0 Å². The number of anilines is 1. The summed E-state index contributed by atoms with van der Waals surface area (Å²) < 4.78 is 11.4. The van der Waals surface area contributed by atoms with Crippen LogP contribution in [0.2, 0.25) is 0 Å². The Morgan fingerprint density at radius 1 is 1.14 bits per heavy atom. The summed E-state index contributed by atoms with van der Waals surface area (Å²) in [5.74, 6) is 2.56. The summed E-state index contributed by atoms with van der Waals surface area (Å²) in [5.41, 5.74) is 7.82. The highest BCUT2D eigenvalue weighted by atomic mass is 16.5. The molecule has 156 valence electrons. The molecule has 0 saturated carbocycles. The van der Waals surface area contributed by atoms with E-state index in [9.17, 15) is 0 Å². The molecule has 0 fully saturated rings. The summed E-state index contributed by atoms with van der Waals surface area (Å²) in [5, 5.41) is 0. The van der Waals surface area contributed by atoms with E-state index in [0.29, 0.717) is 5.92 Å². The van der Waals surface area contributed by atoms with E-state index in [2.05, 4.69) is 76.1 Å². The number of nitrogens with zero attached hydrogens (tertiary/aromatic N) is 1. The van der Waals surface area contributed by atoms with Crippen molar-refractivity contribution in [2.45, 2.75) is 59.9 Å². The third-order valence-corrected chi connectivity index (χ3v) is 6.19. The molecule has 0 radical (unpaired) electrons. The van der Waals surface area contributed by atoms with Gasteiger partial charge in [-0.05, 0) is 68.5 Å². The van der Waals surface area contributed by atoms with Crippen LogP contribution in [0.3, 0.4) is 0 Å². The van der Waals surface area contributed by atoms with Crippen LogP contribution in [-0.2, 0) is 9.47 Å². The molecule has 2 aliphatic rings. The summed E-state index contributed by atoms with van der Waals surface area (Å²) in [6.45, 7) is 10.9. The second-order valence-corrected chi connectivity index (χ2v) is 8.13. The summed E-state index contributed by atoms with van der Waals surface area (Å²) >= 11 is 0. The van der Waals surface area contributed by atoms with Gasteiger partial charge in [0.25, 0.3) is 0 Å². The average Bonchev–Trinajstić information content (AvgIpc) is 3.52. The molecule has 1 aromatic rings. The van der Waals surface area contributed by atoms with E-state index in [1.54, 1.807) is 14.2 Å². The van der Waals surface area contributed by atoms with Crippen molar-refractivity contribution in [1.29, 1.82) is 0 Å². The van der Waals surface area contributed by atoms with E-state index >= 15 is 0 Å². The SMILES string of the molecule is CC/C(C)=C\N(c1ccc(C2=CC2CC)cc1C)C1C=C(OC)C(C)=C(OC)C1. The highest BCUT2D eigenvalue weighted by Gasteiger charge is 2.28. The summed E-state index contributed by atoms with van der Waals surface area (Å²) in [7, 11) is 3.48. The second-order valence-electron chi connectivity index (χ2n) is 8.13. The standard InChI is InChI=1S/C26H35NO2/c1-8-17(3)16-27(22-14-25(28-6)19(5)26(15-22)29-7)24-11-10-21(12-18(24)4)23-13-20(23)9-2/h10-14,16,20,22H,8-9,15H2,1-7H3/b17-16-. The van der Waals surface area contributed by atoms with Gasteiger partial charge >= 0.3 is 0 Å². The normalized spacial score (nSPS) is 21.6. The zero-order valence-corrected chi connectivity index (χ0v) is 19.0. The van der Waals surface area contributed by atoms with E-state index < -0.39 is 0 Å². The van der Waals surface area contributed by atoms with Gasteiger partial charge in [0, 0.05) is 29.8 Å². The van der Waals surface area contributed by atoms with Crippen LogP contribution in [0.4, 0.5) is 5.69 Å². The van der Waals surface area contributed by atoms with Crippen molar-refractivity contribution in [3.05, 3.63) is 70.3 Å². The lowest BCUT2D eigenvalue weighted by molar-refractivity contribution is 0.244. The lowest BCUT2D eigenvalue weighted by Crippen LogP contribution is -2.33. The summed E-state index contributed by atoms with van der Waals surface area (Å²) in [6, 6.07) is 7.03. The number of hydrogen-bond donors (Lipinski definition) is 0. The molecular weight excluding hydrogens is 358 g/mol. The Kier molecular flexibility index (Phi) is 6.56. The molecule has 0 amide bonds. The Morgan fingerprint density at radius 2 is 1.90 bits per heavy atom. The van der Waals surface area contributed by atoms with Crippen LogP contribution < -0.4 is 4.90 Å². The molecule has 1 aromatic carbocycles. The number of ether oxygens (including phenoxy) is 2. The van der Waals surface area contributed by atoms with Gasteiger partial charge in [0.15, 0.2) is 0 Å². The predicted octanol–water partition coefficient (Wildman–Crippen LogP) is 6.76. The van der Waals surface area contributed by atoms with Gasteiger partial charge in [-0.25, -0.2) is 0 Å². The minimum atomic E-state index is 0.151. The zero-order valence-electron chi connectivity index (χ0n) is 19.0. The predicted molar refractivity (Wildman–Crippen MR) is 123 cm³/mol. The lowest BCUT2D eigenvalue weighted by atomic mass is 9.96. The third-order valence-electron chi connectivity index (χ3n) is 6.19. The van der Waals surface area contributed by atoms with Gasteiger partial charge in [0.1, 0.15) is 11.5 Å². The van der Waals surface area contributed by atoms with Crippen LogP contribution in [0.1, 0.15) is 58.1 Å². The number of hydrogen-bond acceptors (Lipinski definition) is 3. The number of methoxy groups -OCH3 is 2. The Morgan fingerprint density at radius 3 is 2.45 bits per heavy atom. The van der Waals surface area contributed by atoms with E-state index in [4.69, 9.17) is 9.47 Å². The fraction of sp³-hybridized carbons (Fsp3) is 0.462. The van der Waals surface area contributed by atoms with Gasteiger partial charge in [0.2, 0.25) is 0 Å². The van der Waals surface area contributed by atoms with Crippen molar-refractivity contribution in [2.24, 2.45) is 5.92 Å². The molecule has 0 aromatic heterocycles. The Bertz CT molecular complexity index is 888. The third kappa shape index (κ3) is 4.44. The van der Waals surface area contributed by atoms with E-state index in [1.807, 2.05) is 0 Å². The molecule has 2 atom stereocenters. The number of rotatable bonds is 8. The molecular formula is C26H35NO2. The highest BCUT2D eigenvalue weighted by molar-refractivity contribution is 5.82. The first-order valence-corrected chi connectivity index (χ1v) is 10.7. The first-order valence-electron chi connectivity index (χ1n) is 10.7. The fourth-order valence-corrected chi connectivity index (χ4v) is 4.09. The quantitative estimate of drug-likeness (QED) is 0.487. The molecule has 0 spiro atoms. The molecule has 0 saturated heterocycles. The number of aryl methyl sites for hydroxylation is 1. The zero-order chi connectivity index (χ0) is 21.1. The van der Waals surface area contributed by atoms with E-state index in [0.717, 1.165) is 29.9 Å². The van der Waals surface area contributed by atoms with Crippen LogP contribution >= 0.6 is 0 Å². The minimum Gasteiger partial charge on any atom is -0.501 e. The van der Waals surface area contributed by atoms with Crippen LogP contribution in [-0.4, -0.2) is 20.3 Å². The summed E-state index contributed by atoms with van der Waals surface area (Å²) in [4.78, 5) is 2.39. The smallest absolute Gasteiger partial charge is 0.123 e. The maximum Gasteiger partial charge on any atom is 0.123 e. The van der Waals surface area contributed by atoms with Crippen LogP contribution in [0.25, 0.3) is 5.57 Å². The fourth-order valence-electron chi connectivity index (χ4n) is 4.09. The van der Waals surface area contributed by atoms with Gasteiger partial charge in [-0.15, -0.1) is 0 Å². The van der Waals surface area contributed by atoms with Crippen LogP contribution in [0.5, 0.6) is 0 Å². The first kappa shape index (κ1) is 21.3. The Balaban J connectivity index is 1.99. The maximum atomic E-state index is 5.70. The van der Waals surface area contributed by atoms with Crippen molar-refractivity contribution in [3.63, 3.8) is 0 Å². The lowest BCUT2D eigenvalue weighted by Gasteiger charge is -2.34. The number of benzene rings is 1.